The molecule has 0 heterocycles. The van der Waals surface area contributed by atoms with Gasteiger partial charge in [-0.1, -0.05) is 40.9 Å². The quantitative estimate of drug-likeness (QED) is 0.313. The first-order chi connectivity index (χ1) is 16.3. The highest BCUT2D eigenvalue weighted by Crippen LogP contribution is 2.34. The number of amides is 1. The van der Waals surface area contributed by atoms with Crippen molar-refractivity contribution in [2.24, 2.45) is 0 Å². The van der Waals surface area contributed by atoms with Gasteiger partial charge in [-0.15, -0.1) is 0 Å². The molecule has 0 aliphatic rings. The van der Waals surface area contributed by atoms with Gasteiger partial charge in [0, 0.05) is 29.0 Å². The number of nitrogens with one attached hydrogen (secondary N) is 2. The Morgan fingerprint density at radius 3 is 2.26 bits per heavy atom. The van der Waals surface area contributed by atoms with Crippen LogP contribution < -0.4 is 20.1 Å². The van der Waals surface area contributed by atoms with Gasteiger partial charge in [0.1, 0.15) is 0 Å². The molecule has 0 unspecified atom stereocenters. The standard InChI is InChI=1S/C25H24Cl2N2O5/c1-3-33-22-10-16(13-28-18-8-9-20(26)19(11-18)25(31)32)21(27)12-23(22)34-14-24(30)29-17-6-4-15(2)5-7-17/h4-12,28H,3,13-14H2,1-2H3,(H,29,30)(H,31,32). The van der Waals surface area contributed by atoms with E-state index in [1.807, 2.05) is 38.1 Å². The second kappa shape index (κ2) is 11.6. The molecular weight excluding hydrogens is 479 g/mol. The SMILES string of the molecule is CCOc1cc(CNc2ccc(Cl)c(C(=O)O)c2)c(Cl)cc1OCC(=O)Nc1ccc(C)cc1. The van der Waals surface area contributed by atoms with Crippen molar-refractivity contribution < 1.29 is 24.2 Å². The normalized spacial score (nSPS) is 10.5. The zero-order chi connectivity index (χ0) is 24.7. The summed E-state index contributed by atoms with van der Waals surface area (Å²) >= 11 is 12.4. The van der Waals surface area contributed by atoms with Crippen molar-refractivity contribution in [3.8, 4) is 11.5 Å². The molecule has 3 aromatic rings. The van der Waals surface area contributed by atoms with Crippen molar-refractivity contribution in [1.82, 2.24) is 0 Å². The van der Waals surface area contributed by atoms with E-state index in [1.165, 1.54) is 12.1 Å². The molecule has 7 nitrogen and oxygen atoms in total. The number of hydrogen-bond acceptors (Lipinski definition) is 5. The van der Waals surface area contributed by atoms with Gasteiger partial charge in [-0.05, 0) is 55.8 Å². The summed E-state index contributed by atoms with van der Waals surface area (Å²) in [6.07, 6.45) is 0. The number of carbonyl (C=O) groups excluding carboxylic acids is 1. The molecule has 0 aliphatic carbocycles. The van der Waals surface area contributed by atoms with Crippen molar-refractivity contribution in [2.75, 3.05) is 23.8 Å². The van der Waals surface area contributed by atoms with Gasteiger partial charge >= 0.3 is 5.97 Å². The number of anilines is 2. The van der Waals surface area contributed by atoms with Gasteiger partial charge in [0.05, 0.1) is 17.2 Å². The zero-order valence-corrected chi connectivity index (χ0v) is 20.2. The van der Waals surface area contributed by atoms with Crippen LogP contribution in [0.2, 0.25) is 10.0 Å². The van der Waals surface area contributed by atoms with Crippen LogP contribution in [-0.2, 0) is 11.3 Å². The fourth-order valence-corrected chi connectivity index (χ4v) is 3.49. The molecule has 3 aromatic carbocycles. The number of carboxylic acids is 1. The molecule has 0 saturated carbocycles. The number of carbonyl (C=O) groups is 2. The van der Waals surface area contributed by atoms with Crippen molar-refractivity contribution >= 4 is 46.5 Å². The predicted octanol–water partition coefficient (Wildman–Crippen LogP) is 6.03. The summed E-state index contributed by atoms with van der Waals surface area (Å²) in [5.74, 6) is -0.646. The Morgan fingerprint density at radius 2 is 1.59 bits per heavy atom. The highest BCUT2D eigenvalue weighted by atomic mass is 35.5. The summed E-state index contributed by atoms with van der Waals surface area (Å²) in [5.41, 5.74) is 3.05. The van der Waals surface area contributed by atoms with E-state index in [2.05, 4.69) is 10.6 Å². The van der Waals surface area contributed by atoms with Crippen LogP contribution in [0.1, 0.15) is 28.4 Å². The third kappa shape index (κ3) is 6.79. The van der Waals surface area contributed by atoms with E-state index in [0.717, 1.165) is 5.56 Å². The average molecular weight is 503 g/mol. The van der Waals surface area contributed by atoms with Crippen molar-refractivity contribution in [3.05, 3.63) is 81.3 Å². The van der Waals surface area contributed by atoms with E-state index in [1.54, 1.807) is 18.2 Å². The summed E-state index contributed by atoms with van der Waals surface area (Å²) in [4.78, 5) is 23.6. The van der Waals surface area contributed by atoms with Gasteiger partial charge in [-0.25, -0.2) is 4.79 Å². The van der Waals surface area contributed by atoms with Gasteiger partial charge in [0.25, 0.3) is 5.91 Å². The van der Waals surface area contributed by atoms with E-state index in [0.29, 0.717) is 46.6 Å². The third-order valence-electron chi connectivity index (χ3n) is 4.79. The lowest BCUT2D eigenvalue weighted by molar-refractivity contribution is -0.118. The summed E-state index contributed by atoms with van der Waals surface area (Å²) in [7, 11) is 0. The molecule has 0 atom stereocenters. The zero-order valence-electron chi connectivity index (χ0n) is 18.7. The minimum Gasteiger partial charge on any atom is -0.490 e. The van der Waals surface area contributed by atoms with Crippen LogP contribution in [0, 0.1) is 6.92 Å². The first-order valence-corrected chi connectivity index (χ1v) is 11.2. The summed E-state index contributed by atoms with van der Waals surface area (Å²) in [6.45, 7) is 4.27. The fourth-order valence-electron chi connectivity index (χ4n) is 3.07. The van der Waals surface area contributed by atoms with Crippen molar-refractivity contribution in [1.29, 1.82) is 0 Å². The van der Waals surface area contributed by atoms with Crippen molar-refractivity contribution in [2.45, 2.75) is 20.4 Å². The topological polar surface area (TPSA) is 96.9 Å². The number of aromatic carboxylic acids is 1. The average Bonchev–Trinajstić information content (AvgIpc) is 2.80. The number of aryl methyl sites for hydroxylation is 1. The third-order valence-corrected chi connectivity index (χ3v) is 5.47. The highest BCUT2D eigenvalue weighted by Gasteiger charge is 2.14. The largest absolute Gasteiger partial charge is 0.490 e. The molecule has 9 heteroatoms. The van der Waals surface area contributed by atoms with E-state index < -0.39 is 5.97 Å². The Balaban J connectivity index is 1.68. The Kier molecular flexibility index (Phi) is 8.62. The molecule has 0 fully saturated rings. The van der Waals surface area contributed by atoms with E-state index >= 15 is 0 Å². The predicted molar refractivity (Wildman–Crippen MR) is 134 cm³/mol. The molecule has 34 heavy (non-hydrogen) atoms. The van der Waals surface area contributed by atoms with Gasteiger partial charge in [0.2, 0.25) is 0 Å². The minimum atomic E-state index is -1.11. The molecule has 178 valence electrons. The van der Waals surface area contributed by atoms with Crippen LogP contribution >= 0.6 is 23.2 Å². The number of rotatable bonds is 10. The minimum absolute atomic E-state index is 0.000399. The number of hydrogen-bond donors (Lipinski definition) is 3. The first-order valence-electron chi connectivity index (χ1n) is 10.5. The first kappa shape index (κ1) is 25.2. The second-order valence-corrected chi connectivity index (χ2v) is 8.19. The van der Waals surface area contributed by atoms with E-state index in [-0.39, 0.29) is 23.1 Å². The molecule has 0 aromatic heterocycles. The van der Waals surface area contributed by atoms with Crippen LogP contribution in [0.15, 0.2) is 54.6 Å². The summed E-state index contributed by atoms with van der Waals surface area (Å²) in [6, 6.07) is 15.4. The van der Waals surface area contributed by atoms with E-state index in [9.17, 15) is 14.7 Å². The lowest BCUT2D eigenvalue weighted by Gasteiger charge is -2.16. The Labute approximate surface area is 207 Å². The van der Waals surface area contributed by atoms with Gasteiger partial charge in [-0.3, -0.25) is 4.79 Å². The molecule has 3 N–H and O–H groups in total. The fraction of sp³-hybridized carbons (Fsp3) is 0.200. The van der Waals surface area contributed by atoms with Crippen LogP contribution in [0.4, 0.5) is 11.4 Å². The van der Waals surface area contributed by atoms with E-state index in [4.69, 9.17) is 32.7 Å². The summed E-state index contributed by atoms with van der Waals surface area (Å²) < 4.78 is 11.4. The molecule has 1 amide bonds. The molecule has 0 spiro atoms. The van der Waals surface area contributed by atoms with Crippen LogP contribution in [0.3, 0.4) is 0 Å². The van der Waals surface area contributed by atoms with Crippen LogP contribution in [0.5, 0.6) is 11.5 Å². The number of carboxylic acid groups (broad SMARTS) is 1. The Bertz CT molecular complexity index is 1180. The second-order valence-electron chi connectivity index (χ2n) is 7.38. The van der Waals surface area contributed by atoms with Gasteiger partial charge in [-0.2, -0.15) is 0 Å². The number of ether oxygens (including phenoxy) is 2. The molecule has 0 bridgehead atoms. The Morgan fingerprint density at radius 1 is 0.912 bits per heavy atom. The smallest absolute Gasteiger partial charge is 0.337 e. The molecule has 0 saturated heterocycles. The number of halogens is 2. The maximum atomic E-state index is 12.3. The number of benzene rings is 3. The van der Waals surface area contributed by atoms with Crippen LogP contribution in [-0.4, -0.2) is 30.2 Å². The van der Waals surface area contributed by atoms with Crippen LogP contribution in [0.25, 0.3) is 0 Å². The molecule has 3 rings (SSSR count). The lowest BCUT2D eigenvalue weighted by Crippen LogP contribution is -2.20. The maximum Gasteiger partial charge on any atom is 0.337 e. The molecule has 0 radical (unpaired) electrons. The summed E-state index contributed by atoms with van der Waals surface area (Å²) in [5, 5.41) is 15.7. The van der Waals surface area contributed by atoms with Crippen molar-refractivity contribution in [3.63, 3.8) is 0 Å². The maximum absolute atomic E-state index is 12.3. The van der Waals surface area contributed by atoms with Gasteiger partial charge in [0.15, 0.2) is 18.1 Å². The van der Waals surface area contributed by atoms with Gasteiger partial charge < -0.3 is 25.2 Å². The lowest BCUT2D eigenvalue weighted by atomic mass is 10.1. The molecule has 0 aliphatic heterocycles. The Hall–Kier alpha value is -3.42. The highest BCUT2D eigenvalue weighted by molar-refractivity contribution is 6.33. The monoisotopic (exact) mass is 502 g/mol. The molecular formula is C25H24Cl2N2O5.